The molecule has 18 heteroatoms. The first-order chi connectivity index (χ1) is 27.7. The number of amides is 5. The van der Waals surface area contributed by atoms with Gasteiger partial charge in [0.05, 0.1) is 30.4 Å². The highest BCUT2D eigenvalue weighted by atomic mass is 32.1. The zero-order valence-corrected chi connectivity index (χ0v) is 34.0. The minimum Gasteiger partial charge on any atom is -0.496 e. The van der Waals surface area contributed by atoms with Crippen LogP contribution < -0.4 is 20.7 Å². The molecule has 58 heavy (non-hydrogen) atoms. The third-order valence-corrected chi connectivity index (χ3v) is 13.1. The highest BCUT2D eigenvalue weighted by Crippen LogP contribution is 2.65. The predicted octanol–water partition coefficient (Wildman–Crippen LogP) is 4.51. The maximum atomic E-state index is 14.7. The number of aromatic nitrogens is 1. The molecule has 5 unspecified atom stereocenters. The third-order valence-electron chi connectivity index (χ3n) is 12.4. The van der Waals surface area contributed by atoms with Crippen molar-refractivity contribution in [3.63, 3.8) is 0 Å². The van der Waals surface area contributed by atoms with Gasteiger partial charge in [0.25, 0.3) is 0 Å². The maximum Gasteiger partial charge on any atom is 0.482 e. The number of benzene rings is 2. The predicted molar refractivity (Wildman–Crippen MR) is 213 cm³/mol. The number of aromatic carboxylic acids is 1. The van der Waals surface area contributed by atoms with Crippen LogP contribution in [0.15, 0.2) is 53.9 Å². The molecule has 2 aromatic carbocycles. The minimum absolute atomic E-state index is 0.0294. The van der Waals surface area contributed by atoms with Gasteiger partial charge in [-0.15, -0.1) is 11.3 Å². The number of hydrogen-bond donors (Lipinski definition) is 4. The van der Waals surface area contributed by atoms with Crippen LogP contribution in [0.25, 0.3) is 0 Å². The summed E-state index contributed by atoms with van der Waals surface area (Å²) in [6.45, 7) is 9.36. The highest BCUT2D eigenvalue weighted by Gasteiger charge is 2.68. The second-order valence-electron chi connectivity index (χ2n) is 16.0. The van der Waals surface area contributed by atoms with Gasteiger partial charge in [0.15, 0.2) is 11.2 Å². The van der Waals surface area contributed by atoms with E-state index in [2.05, 4.69) is 41.7 Å². The van der Waals surface area contributed by atoms with Crippen molar-refractivity contribution in [3.05, 3.63) is 76.3 Å². The zero-order valence-electron chi connectivity index (χ0n) is 33.2. The summed E-state index contributed by atoms with van der Waals surface area (Å²) in [6, 6.07) is 11.9. The number of methoxy groups -OCH3 is 1. The number of nitrogens with zero attached hydrogens (tertiary/aromatic N) is 3. The average molecular weight is 817 g/mol. The smallest absolute Gasteiger partial charge is 0.482 e. The van der Waals surface area contributed by atoms with Gasteiger partial charge < -0.3 is 44.3 Å². The molecule has 16 nitrogen and oxygen atoms in total. The number of nitrogens with one attached hydrogen (secondary N) is 3. The van der Waals surface area contributed by atoms with E-state index < -0.39 is 48.7 Å². The molecular weight excluding hydrogens is 767 g/mol. The number of carboxylic acid groups (broad SMARTS) is 1. The Hall–Kier alpha value is -5.20. The molecule has 2 saturated heterocycles. The van der Waals surface area contributed by atoms with Gasteiger partial charge in [-0.2, -0.15) is 0 Å². The van der Waals surface area contributed by atoms with E-state index in [0.29, 0.717) is 24.6 Å². The molecule has 3 saturated carbocycles. The number of rotatable bonds is 13. The van der Waals surface area contributed by atoms with Crippen molar-refractivity contribution in [1.82, 2.24) is 25.4 Å². The Morgan fingerprint density at radius 1 is 1.07 bits per heavy atom. The lowest BCUT2D eigenvalue weighted by Crippen LogP contribution is -2.65. The van der Waals surface area contributed by atoms with Crippen LogP contribution >= 0.6 is 11.3 Å². The first-order valence-electron chi connectivity index (χ1n) is 19.5. The summed E-state index contributed by atoms with van der Waals surface area (Å²) in [4.78, 5) is 73.6. The van der Waals surface area contributed by atoms with Gasteiger partial charge in [-0.25, -0.2) is 19.4 Å². The molecule has 0 spiro atoms. The molecule has 5 fully saturated rings. The van der Waals surface area contributed by atoms with E-state index in [1.165, 1.54) is 18.1 Å². The van der Waals surface area contributed by atoms with Crippen molar-refractivity contribution in [3.8, 4) is 5.75 Å². The van der Waals surface area contributed by atoms with E-state index in [1.54, 1.807) is 22.4 Å². The average Bonchev–Trinajstić information content (AvgIpc) is 3.82. The van der Waals surface area contributed by atoms with Gasteiger partial charge in [-0.05, 0) is 67.6 Å². The molecule has 4 N–H and O–H groups in total. The number of piperazine rings is 1. The third kappa shape index (κ3) is 8.09. The number of likely N-dealkylation sites (N-methyl/N-ethyl adjacent to an activating group) is 1. The second-order valence-corrected chi connectivity index (χ2v) is 16.9. The first kappa shape index (κ1) is 41.0. The Balaban J connectivity index is 1.16. The summed E-state index contributed by atoms with van der Waals surface area (Å²) >= 11 is 1.03. The van der Waals surface area contributed by atoms with E-state index >= 15 is 0 Å². The lowest BCUT2D eigenvalue weighted by molar-refractivity contribution is -0.199. The van der Waals surface area contributed by atoms with Crippen LogP contribution in [0.2, 0.25) is 0 Å². The summed E-state index contributed by atoms with van der Waals surface area (Å²) in [5.41, 5.74) is 0.769. The van der Waals surface area contributed by atoms with Crippen LogP contribution in [0.3, 0.4) is 0 Å². The Morgan fingerprint density at radius 2 is 1.84 bits per heavy atom. The zero-order chi connectivity index (χ0) is 41.4. The fraction of sp³-hybridized carbons (Fsp3) is 0.500. The van der Waals surface area contributed by atoms with E-state index in [0.717, 1.165) is 29.7 Å². The van der Waals surface area contributed by atoms with Gasteiger partial charge in [0.2, 0.25) is 11.8 Å². The molecule has 2 bridgehead atoms. The van der Waals surface area contributed by atoms with Crippen LogP contribution in [0.5, 0.6) is 5.75 Å². The lowest BCUT2D eigenvalue weighted by atomic mass is 9.43. The number of anilines is 1. The monoisotopic (exact) mass is 816 g/mol. The minimum atomic E-state index is -1.40. The summed E-state index contributed by atoms with van der Waals surface area (Å²) in [5.74, 6) is -2.15. The number of para-hydroxylation sites is 1. The Bertz CT molecular complexity index is 2050. The second kappa shape index (κ2) is 16.6. The molecule has 1 aromatic heterocycles. The molecule has 5 amide bonds. The van der Waals surface area contributed by atoms with Gasteiger partial charge in [-0.3, -0.25) is 14.9 Å². The summed E-state index contributed by atoms with van der Waals surface area (Å²) in [7, 11) is 0.435. The molecule has 3 aliphatic carbocycles. The van der Waals surface area contributed by atoms with E-state index in [9.17, 15) is 29.1 Å². The van der Waals surface area contributed by atoms with Crippen molar-refractivity contribution in [1.29, 1.82) is 0 Å². The molecule has 8 rings (SSSR count). The Labute approximate surface area is 341 Å². The topological polar surface area (TPSA) is 198 Å². The van der Waals surface area contributed by atoms with Crippen molar-refractivity contribution in [2.75, 3.05) is 38.6 Å². The fourth-order valence-electron chi connectivity index (χ4n) is 8.97. The number of hydrogen-bond acceptors (Lipinski definition) is 11. The van der Waals surface area contributed by atoms with Crippen molar-refractivity contribution in [2.45, 2.75) is 77.3 Å². The molecule has 3 heterocycles. The Kier molecular flexibility index (Phi) is 11.7. The quantitative estimate of drug-likeness (QED) is 0.177. The molecule has 5 aliphatic rings. The first-order valence-corrected chi connectivity index (χ1v) is 20.4. The number of carboxylic acids is 1. The van der Waals surface area contributed by atoms with E-state index in [1.807, 2.05) is 37.3 Å². The van der Waals surface area contributed by atoms with Crippen LogP contribution in [0.1, 0.15) is 73.8 Å². The molecular formula is C40H49BN6O10S. The number of urea groups is 1. The van der Waals surface area contributed by atoms with Crippen molar-refractivity contribution < 1.29 is 47.9 Å². The summed E-state index contributed by atoms with van der Waals surface area (Å²) < 4.78 is 24.4. The highest BCUT2D eigenvalue weighted by molar-refractivity contribution is 7.13. The molecule has 0 radical (unpaired) electrons. The Morgan fingerprint density at radius 3 is 2.53 bits per heavy atom. The van der Waals surface area contributed by atoms with Crippen LogP contribution in [-0.2, 0) is 36.7 Å². The number of carbonyl (C=O) groups excluding carboxylic acids is 4. The fourth-order valence-corrected chi connectivity index (χ4v) is 9.69. The SMILES string of the molecule is CCN1CCN(C(=O)NC(C(=O)NC(Cc2cccc(C(=O)O)c2OC)B2OC3CC4CC(C4(C)C)[C@]3(C)O2)c2csc(NC(=O)OCc3ccccc3)n2)CC1=O. The van der Waals surface area contributed by atoms with Crippen LogP contribution in [-0.4, -0.2) is 108 Å². The number of carbonyl (C=O) groups is 5. The molecule has 308 valence electrons. The van der Waals surface area contributed by atoms with Crippen LogP contribution in [0, 0.1) is 17.3 Å². The summed E-state index contributed by atoms with van der Waals surface area (Å²) in [6.07, 6.45) is 0.854. The van der Waals surface area contributed by atoms with Gasteiger partial charge in [0, 0.05) is 25.0 Å². The maximum absolute atomic E-state index is 14.7. The van der Waals surface area contributed by atoms with Gasteiger partial charge in [-0.1, -0.05) is 56.3 Å². The largest absolute Gasteiger partial charge is 0.496 e. The summed E-state index contributed by atoms with van der Waals surface area (Å²) in [5, 5.41) is 20.0. The van der Waals surface area contributed by atoms with Crippen molar-refractivity contribution in [2.24, 2.45) is 17.3 Å². The van der Waals surface area contributed by atoms with E-state index in [4.69, 9.17) is 18.8 Å². The van der Waals surface area contributed by atoms with E-state index in [-0.39, 0.29) is 71.6 Å². The molecule has 3 aromatic rings. The van der Waals surface area contributed by atoms with Crippen molar-refractivity contribution >= 4 is 53.5 Å². The van der Waals surface area contributed by atoms with Gasteiger partial charge in [0.1, 0.15) is 24.5 Å². The lowest BCUT2D eigenvalue weighted by Gasteiger charge is -2.64. The van der Waals surface area contributed by atoms with Gasteiger partial charge >= 0.3 is 25.2 Å². The normalized spacial score (nSPS) is 24.2. The molecule has 2 aliphatic heterocycles. The standard InChI is InChI=1S/C40H49BN6O10S/c1-6-46-15-16-47(20-31(46)48)37(52)44-32(27-22-58-36(42-27)45-38(53)55-21-23-11-8-7-9-12-23)34(49)43-30(17-24-13-10-14-26(35(50)51)33(24)54-5)41-56-29-19-25-18-28(39(25,2)3)40(29,4)57-41/h7-14,22,25,28-30,32H,6,15-21H2,1-5H3,(H,43,49)(H,44,52)(H,50,51)(H,42,45,53)/t25?,28?,29?,30?,32?,40-/m0/s1. The van der Waals surface area contributed by atoms with Crippen LogP contribution in [0.4, 0.5) is 14.7 Å². The number of ether oxygens (including phenoxy) is 2. The number of thiazole rings is 1. The molecule has 6 atom stereocenters.